The molecule has 176 valence electrons. The number of carbonyl (C=O) groups excluding carboxylic acids is 2. The number of aryl methyl sites for hydroxylation is 1. The van der Waals surface area contributed by atoms with Gasteiger partial charge in [0.15, 0.2) is 0 Å². The van der Waals surface area contributed by atoms with Crippen LogP contribution < -0.4 is 15.0 Å². The molecule has 1 atom stereocenters. The van der Waals surface area contributed by atoms with Crippen molar-refractivity contribution in [1.29, 1.82) is 0 Å². The molecule has 1 fully saturated rings. The normalized spacial score (nSPS) is 15.6. The Bertz CT molecular complexity index is 1220. The average molecular weight is 477 g/mol. The number of anilines is 2. The highest BCUT2D eigenvalue weighted by Gasteiger charge is 2.35. The molecule has 1 aliphatic heterocycles. The second-order valence-corrected chi connectivity index (χ2v) is 9.51. The number of rotatable bonds is 6. The van der Waals surface area contributed by atoms with Crippen molar-refractivity contribution < 1.29 is 14.3 Å². The minimum absolute atomic E-state index is 0.0756. The van der Waals surface area contributed by atoms with Crippen LogP contribution >= 0.6 is 11.6 Å². The van der Waals surface area contributed by atoms with E-state index in [0.29, 0.717) is 28.9 Å². The first-order valence-electron chi connectivity index (χ1n) is 11.5. The number of ether oxygens (including phenoxy) is 1. The monoisotopic (exact) mass is 476 g/mol. The molecule has 1 saturated heterocycles. The van der Waals surface area contributed by atoms with Gasteiger partial charge < -0.3 is 15.0 Å². The molecule has 1 aliphatic rings. The van der Waals surface area contributed by atoms with Crippen LogP contribution in [0, 0.1) is 19.8 Å². The van der Waals surface area contributed by atoms with E-state index in [1.165, 1.54) is 0 Å². The van der Waals surface area contributed by atoms with Crippen LogP contribution in [-0.2, 0) is 9.59 Å². The van der Waals surface area contributed by atoms with Crippen LogP contribution in [0.25, 0.3) is 0 Å². The zero-order valence-corrected chi connectivity index (χ0v) is 20.6. The van der Waals surface area contributed by atoms with Gasteiger partial charge >= 0.3 is 0 Å². The summed E-state index contributed by atoms with van der Waals surface area (Å²) in [6.45, 7) is 8.52. The fourth-order valence-corrected chi connectivity index (χ4v) is 4.36. The summed E-state index contributed by atoms with van der Waals surface area (Å²) >= 11 is 6.21. The number of hydrogen-bond donors (Lipinski definition) is 1. The van der Waals surface area contributed by atoms with Crippen LogP contribution in [0.2, 0.25) is 5.02 Å². The molecule has 0 bridgehead atoms. The lowest BCUT2D eigenvalue weighted by molar-refractivity contribution is -0.122. The van der Waals surface area contributed by atoms with Crippen molar-refractivity contribution in [2.24, 2.45) is 5.92 Å². The minimum Gasteiger partial charge on any atom is -0.457 e. The largest absolute Gasteiger partial charge is 0.457 e. The lowest BCUT2D eigenvalue weighted by Gasteiger charge is -2.19. The number of hydrogen-bond acceptors (Lipinski definition) is 3. The Balaban J connectivity index is 1.41. The molecule has 2 amide bonds. The quantitative estimate of drug-likeness (QED) is 0.422. The smallest absolute Gasteiger partial charge is 0.229 e. The topological polar surface area (TPSA) is 58.6 Å². The average Bonchev–Trinajstić information content (AvgIpc) is 3.18. The van der Waals surface area contributed by atoms with Crippen LogP contribution in [0.3, 0.4) is 0 Å². The first-order valence-corrected chi connectivity index (χ1v) is 11.9. The standard InChI is InChI=1S/C28H29ClN2O3/c1-17(2)23-13-8-18(3)14-26(23)34-22-11-9-21(10-12-22)30-28(33)20-15-27(32)31(16-20)25-7-5-6-24(29)19(25)4/h5-14,17,20H,15-16H2,1-4H3,(H,30,33)/t20-/m1/s1. The first-order chi connectivity index (χ1) is 16.2. The number of benzene rings is 3. The van der Waals surface area contributed by atoms with Crippen molar-refractivity contribution in [3.8, 4) is 11.5 Å². The molecule has 3 aromatic rings. The Hall–Kier alpha value is -3.31. The van der Waals surface area contributed by atoms with Gasteiger partial charge in [0, 0.05) is 29.4 Å². The molecule has 5 nitrogen and oxygen atoms in total. The Labute approximate surface area is 205 Å². The predicted octanol–water partition coefficient (Wildman–Crippen LogP) is 6.86. The summed E-state index contributed by atoms with van der Waals surface area (Å²) in [7, 11) is 0. The molecule has 4 rings (SSSR count). The third kappa shape index (κ3) is 5.10. The van der Waals surface area contributed by atoms with Crippen molar-refractivity contribution >= 4 is 34.8 Å². The summed E-state index contributed by atoms with van der Waals surface area (Å²) in [5.41, 5.74) is 4.54. The van der Waals surface area contributed by atoms with E-state index in [0.717, 1.165) is 28.1 Å². The summed E-state index contributed by atoms with van der Waals surface area (Å²) in [6.07, 6.45) is 0.171. The van der Waals surface area contributed by atoms with Crippen LogP contribution in [0.4, 0.5) is 11.4 Å². The van der Waals surface area contributed by atoms with Crippen molar-refractivity contribution in [2.75, 3.05) is 16.8 Å². The molecular formula is C28H29ClN2O3. The van der Waals surface area contributed by atoms with Gasteiger partial charge in [-0.15, -0.1) is 0 Å². The molecule has 0 radical (unpaired) electrons. The second kappa shape index (κ2) is 9.90. The van der Waals surface area contributed by atoms with Gasteiger partial charge in [0.1, 0.15) is 11.5 Å². The van der Waals surface area contributed by atoms with Crippen LogP contribution in [0.5, 0.6) is 11.5 Å². The lowest BCUT2D eigenvalue weighted by Crippen LogP contribution is -2.28. The van der Waals surface area contributed by atoms with Gasteiger partial charge in [0.2, 0.25) is 11.8 Å². The number of carbonyl (C=O) groups is 2. The highest BCUT2D eigenvalue weighted by atomic mass is 35.5. The van der Waals surface area contributed by atoms with Gasteiger partial charge in [-0.05, 0) is 78.9 Å². The molecule has 1 heterocycles. The maximum atomic E-state index is 12.9. The van der Waals surface area contributed by atoms with E-state index in [2.05, 4.69) is 31.3 Å². The molecule has 0 unspecified atom stereocenters. The maximum absolute atomic E-state index is 12.9. The van der Waals surface area contributed by atoms with Gasteiger partial charge in [-0.2, -0.15) is 0 Å². The Morgan fingerprint density at radius 1 is 1.09 bits per heavy atom. The van der Waals surface area contributed by atoms with E-state index in [1.807, 2.05) is 56.3 Å². The number of halogens is 1. The van der Waals surface area contributed by atoms with Gasteiger partial charge in [-0.25, -0.2) is 0 Å². The molecule has 6 heteroatoms. The summed E-state index contributed by atoms with van der Waals surface area (Å²) in [5.74, 6) is 1.21. The van der Waals surface area contributed by atoms with Crippen LogP contribution in [-0.4, -0.2) is 18.4 Å². The van der Waals surface area contributed by atoms with Gasteiger partial charge in [0.25, 0.3) is 0 Å². The first kappa shape index (κ1) is 23.8. The number of nitrogens with zero attached hydrogens (tertiary/aromatic N) is 1. The second-order valence-electron chi connectivity index (χ2n) is 9.10. The van der Waals surface area contributed by atoms with Crippen molar-refractivity contribution in [1.82, 2.24) is 0 Å². The van der Waals surface area contributed by atoms with E-state index in [1.54, 1.807) is 11.0 Å². The summed E-state index contributed by atoms with van der Waals surface area (Å²) in [5, 5.41) is 3.54. The molecule has 0 spiro atoms. The molecule has 34 heavy (non-hydrogen) atoms. The summed E-state index contributed by atoms with van der Waals surface area (Å²) in [4.78, 5) is 27.1. The third-order valence-corrected chi connectivity index (χ3v) is 6.58. The van der Waals surface area contributed by atoms with Crippen molar-refractivity contribution in [3.05, 3.63) is 82.4 Å². The minimum atomic E-state index is -0.428. The third-order valence-electron chi connectivity index (χ3n) is 6.17. The predicted molar refractivity (Wildman–Crippen MR) is 137 cm³/mol. The Kier molecular flexibility index (Phi) is 6.94. The molecule has 0 aliphatic carbocycles. The van der Waals surface area contributed by atoms with Gasteiger partial charge in [0.05, 0.1) is 5.92 Å². The van der Waals surface area contributed by atoms with Gasteiger partial charge in [-0.3, -0.25) is 9.59 Å². The highest BCUT2D eigenvalue weighted by Crippen LogP contribution is 2.33. The maximum Gasteiger partial charge on any atom is 0.229 e. The summed E-state index contributed by atoms with van der Waals surface area (Å²) < 4.78 is 6.13. The van der Waals surface area contributed by atoms with Gasteiger partial charge in [-0.1, -0.05) is 43.6 Å². The molecular weight excluding hydrogens is 448 g/mol. The van der Waals surface area contributed by atoms with E-state index in [9.17, 15) is 9.59 Å². The number of nitrogens with one attached hydrogen (secondary N) is 1. The summed E-state index contributed by atoms with van der Waals surface area (Å²) in [6, 6.07) is 19.0. The van der Waals surface area contributed by atoms with E-state index in [4.69, 9.17) is 16.3 Å². The molecule has 1 N–H and O–H groups in total. The molecule has 0 aromatic heterocycles. The lowest BCUT2D eigenvalue weighted by atomic mass is 10.0. The zero-order chi connectivity index (χ0) is 24.4. The highest BCUT2D eigenvalue weighted by molar-refractivity contribution is 6.31. The van der Waals surface area contributed by atoms with Crippen molar-refractivity contribution in [3.63, 3.8) is 0 Å². The Morgan fingerprint density at radius 2 is 1.82 bits per heavy atom. The van der Waals surface area contributed by atoms with E-state index in [-0.39, 0.29) is 18.2 Å². The van der Waals surface area contributed by atoms with Crippen LogP contribution in [0.15, 0.2) is 60.7 Å². The Morgan fingerprint density at radius 3 is 2.53 bits per heavy atom. The fraction of sp³-hybridized carbons (Fsp3) is 0.286. The van der Waals surface area contributed by atoms with E-state index < -0.39 is 5.92 Å². The molecule has 3 aromatic carbocycles. The SMILES string of the molecule is Cc1ccc(C(C)C)c(Oc2ccc(NC(=O)[C@@H]3CC(=O)N(c4cccc(Cl)c4C)C3)cc2)c1. The van der Waals surface area contributed by atoms with Crippen LogP contribution in [0.1, 0.15) is 42.9 Å². The van der Waals surface area contributed by atoms with E-state index >= 15 is 0 Å². The number of amides is 2. The van der Waals surface area contributed by atoms with Crippen molar-refractivity contribution in [2.45, 2.75) is 40.0 Å². The fourth-order valence-electron chi connectivity index (χ4n) is 4.19. The molecule has 0 saturated carbocycles. The zero-order valence-electron chi connectivity index (χ0n) is 19.9.